The Morgan fingerprint density at radius 2 is 1.72 bits per heavy atom. The molecule has 0 spiro atoms. The maximum Gasteiger partial charge on any atom is 0.338 e. The molecule has 3 aromatic rings. The summed E-state index contributed by atoms with van der Waals surface area (Å²) in [6.45, 7) is 1.42. The topological polar surface area (TPSA) is 174 Å². The largest absolute Gasteiger partial charge is 0.493 e. The Kier molecular flexibility index (Phi) is 6.09. The minimum Gasteiger partial charge on any atom is -0.493 e. The third-order valence-electron chi connectivity index (χ3n) is 4.25. The van der Waals surface area contributed by atoms with Crippen molar-refractivity contribution in [3.8, 4) is 17.2 Å². The normalized spacial score (nSPS) is 10.8. The Morgan fingerprint density at radius 3 is 2.34 bits per heavy atom. The molecule has 13 nitrogen and oxygen atoms in total. The van der Waals surface area contributed by atoms with Crippen LogP contribution < -0.4 is 9.47 Å². The number of aryl methyl sites for hydroxylation is 1. The zero-order valence-corrected chi connectivity index (χ0v) is 16.6. The fourth-order valence-electron chi connectivity index (χ4n) is 2.77. The molecule has 0 aliphatic carbocycles. The van der Waals surface area contributed by atoms with Gasteiger partial charge in [0.2, 0.25) is 11.5 Å². The van der Waals surface area contributed by atoms with Crippen LogP contribution in [0.2, 0.25) is 0 Å². The van der Waals surface area contributed by atoms with Gasteiger partial charge >= 0.3 is 11.4 Å². The molecule has 0 radical (unpaired) electrons. The van der Waals surface area contributed by atoms with Crippen molar-refractivity contribution in [1.82, 2.24) is 5.16 Å². The van der Waals surface area contributed by atoms with Crippen molar-refractivity contribution in [3.63, 3.8) is 0 Å². The van der Waals surface area contributed by atoms with Gasteiger partial charge in [0.15, 0.2) is 17.2 Å². The molecule has 0 amide bonds. The molecule has 0 aliphatic rings. The summed E-state index contributed by atoms with van der Waals surface area (Å²) in [7, 11) is 1.35. The smallest absolute Gasteiger partial charge is 0.338 e. The highest BCUT2D eigenvalue weighted by molar-refractivity contribution is 5.76. The molecule has 164 valence electrons. The van der Waals surface area contributed by atoms with Gasteiger partial charge in [0.1, 0.15) is 0 Å². The summed E-state index contributed by atoms with van der Waals surface area (Å²) < 4.78 is 15.9. The molecule has 0 unspecified atom stereocenters. The highest BCUT2D eigenvalue weighted by Crippen LogP contribution is 2.40. The average Bonchev–Trinajstić information content (AvgIpc) is 3.13. The van der Waals surface area contributed by atoms with Crippen molar-refractivity contribution in [3.05, 3.63) is 83.8 Å². The van der Waals surface area contributed by atoms with Crippen molar-refractivity contribution in [2.24, 2.45) is 0 Å². The van der Waals surface area contributed by atoms with Crippen molar-refractivity contribution in [1.29, 1.82) is 0 Å². The summed E-state index contributed by atoms with van der Waals surface area (Å²) in [5, 5.41) is 37.2. The quantitative estimate of drug-likeness (QED) is 0.352. The molecule has 0 saturated carbocycles. The summed E-state index contributed by atoms with van der Waals surface area (Å²) >= 11 is 0. The molecule has 0 fully saturated rings. The first-order valence-corrected chi connectivity index (χ1v) is 8.79. The van der Waals surface area contributed by atoms with Crippen LogP contribution in [0.15, 0.2) is 40.9 Å². The van der Waals surface area contributed by atoms with E-state index in [0.29, 0.717) is 5.56 Å². The van der Waals surface area contributed by atoms with Gasteiger partial charge in [-0.05, 0) is 31.2 Å². The van der Waals surface area contributed by atoms with Gasteiger partial charge in [-0.15, -0.1) is 0 Å². The number of para-hydroxylation sites is 1. The number of rotatable bonds is 8. The number of methoxy groups -OCH3 is 1. The molecule has 32 heavy (non-hydrogen) atoms. The number of ether oxygens (including phenoxy) is 2. The molecular formula is C19H14N4O9. The molecule has 1 heterocycles. The van der Waals surface area contributed by atoms with E-state index in [2.05, 4.69) is 5.16 Å². The molecule has 0 bridgehead atoms. The molecule has 0 atom stereocenters. The standard InChI is InChI=1S/C19H14N4O9/c1-11-18(23(28)29)16(32-20-11)8-6-12-4-3-5-17(30-2)19(12)31-15-9-7-13(21(24)25)10-14(15)22(26)27/h3-10H,1-2H3/b8-6-. The van der Waals surface area contributed by atoms with E-state index in [4.69, 9.17) is 14.0 Å². The zero-order chi connectivity index (χ0) is 23.4. The number of hydrogen-bond donors (Lipinski definition) is 0. The first-order valence-electron chi connectivity index (χ1n) is 8.79. The van der Waals surface area contributed by atoms with Crippen LogP contribution in [-0.2, 0) is 0 Å². The van der Waals surface area contributed by atoms with Crippen molar-refractivity contribution < 1.29 is 28.8 Å². The predicted octanol–water partition coefficient (Wildman–Crippen LogP) is 4.68. The minimum atomic E-state index is -0.812. The van der Waals surface area contributed by atoms with E-state index in [1.165, 1.54) is 32.3 Å². The van der Waals surface area contributed by atoms with Crippen molar-refractivity contribution in [2.75, 3.05) is 7.11 Å². The lowest BCUT2D eigenvalue weighted by Crippen LogP contribution is -1.98. The fourth-order valence-corrected chi connectivity index (χ4v) is 2.77. The van der Waals surface area contributed by atoms with Gasteiger partial charge in [0, 0.05) is 11.6 Å². The Balaban J connectivity index is 2.07. The van der Waals surface area contributed by atoms with Gasteiger partial charge in [-0.1, -0.05) is 17.3 Å². The Morgan fingerprint density at radius 1 is 0.969 bits per heavy atom. The third kappa shape index (κ3) is 4.35. The Bertz CT molecular complexity index is 1250. The third-order valence-corrected chi connectivity index (χ3v) is 4.25. The maximum atomic E-state index is 11.4. The van der Waals surface area contributed by atoms with Gasteiger partial charge < -0.3 is 14.0 Å². The Hall–Kier alpha value is -4.81. The van der Waals surface area contributed by atoms with Crippen LogP contribution in [0.3, 0.4) is 0 Å². The zero-order valence-electron chi connectivity index (χ0n) is 16.6. The average molecular weight is 442 g/mol. The fraction of sp³-hybridized carbons (Fsp3) is 0.105. The van der Waals surface area contributed by atoms with Gasteiger partial charge in [-0.25, -0.2) is 0 Å². The molecule has 0 aliphatic heterocycles. The van der Waals surface area contributed by atoms with Gasteiger partial charge in [-0.3, -0.25) is 30.3 Å². The molecule has 2 aromatic carbocycles. The van der Waals surface area contributed by atoms with E-state index in [-0.39, 0.29) is 34.4 Å². The summed E-state index contributed by atoms with van der Waals surface area (Å²) in [5.74, 6) is -0.131. The monoisotopic (exact) mass is 442 g/mol. The molecule has 13 heteroatoms. The Labute approximate surface area is 178 Å². The second-order valence-corrected chi connectivity index (χ2v) is 6.22. The van der Waals surface area contributed by atoms with E-state index < -0.39 is 26.1 Å². The summed E-state index contributed by atoms with van der Waals surface area (Å²) in [6, 6.07) is 7.65. The lowest BCUT2D eigenvalue weighted by atomic mass is 10.1. The van der Waals surface area contributed by atoms with Crippen molar-refractivity contribution in [2.45, 2.75) is 6.92 Å². The van der Waals surface area contributed by atoms with Crippen LogP contribution in [0, 0.1) is 37.3 Å². The number of hydrogen-bond acceptors (Lipinski definition) is 10. The highest BCUT2D eigenvalue weighted by Gasteiger charge is 2.24. The molecule has 1 aromatic heterocycles. The van der Waals surface area contributed by atoms with Crippen LogP contribution in [0.4, 0.5) is 17.1 Å². The maximum absolute atomic E-state index is 11.4. The second-order valence-electron chi connectivity index (χ2n) is 6.22. The lowest BCUT2D eigenvalue weighted by molar-refractivity contribution is -0.394. The molecule has 0 saturated heterocycles. The van der Waals surface area contributed by atoms with Gasteiger partial charge in [0.25, 0.3) is 5.69 Å². The van der Waals surface area contributed by atoms with Crippen LogP contribution in [0.1, 0.15) is 17.0 Å². The highest BCUT2D eigenvalue weighted by atomic mass is 16.6. The number of nitro benzene ring substituents is 2. The summed E-state index contributed by atoms with van der Waals surface area (Å²) in [4.78, 5) is 31.4. The van der Waals surface area contributed by atoms with Crippen molar-refractivity contribution >= 4 is 29.2 Å². The van der Waals surface area contributed by atoms with E-state index in [9.17, 15) is 30.3 Å². The van der Waals surface area contributed by atoms with Gasteiger partial charge in [-0.2, -0.15) is 0 Å². The minimum absolute atomic E-state index is 0.0436. The van der Waals surface area contributed by atoms with Crippen LogP contribution in [0.5, 0.6) is 17.2 Å². The number of nitro groups is 3. The van der Waals surface area contributed by atoms with Crippen LogP contribution in [0.25, 0.3) is 12.2 Å². The second kappa shape index (κ2) is 8.91. The lowest BCUT2D eigenvalue weighted by Gasteiger charge is -2.13. The number of aromatic nitrogens is 1. The number of benzene rings is 2. The van der Waals surface area contributed by atoms with E-state index in [1.54, 1.807) is 12.1 Å². The first kappa shape index (κ1) is 21.9. The number of nitrogens with zero attached hydrogens (tertiary/aromatic N) is 4. The molecular weight excluding hydrogens is 428 g/mol. The predicted molar refractivity (Wildman–Crippen MR) is 110 cm³/mol. The van der Waals surface area contributed by atoms with Crippen LogP contribution in [-0.4, -0.2) is 27.0 Å². The van der Waals surface area contributed by atoms with E-state index in [0.717, 1.165) is 18.2 Å². The first-order chi connectivity index (χ1) is 15.2. The van der Waals surface area contributed by atoms with E-state index >= 15 is 0 Å². The molecule has 0 N–H and O–H groups in total. The molecule has 3 rings (SSSR count). The van der Waals surface area contributed by atoms with E-state index in [1.807, 2.05) is 0 Å². The SMILES string of the molecule is COc1cccc(/C=C\c2onc(C)c2[N+](=O)[O-])c1Oc1ccc([N+](=O)[O-])cc1[N+](=O)[O-]. The summed E-state index contributed by atoms with van der Waals surface area (Å²) in [6.07, 6.45) is 2.71. The van der Waals surface area contributed by atoms with Crippen LogP contribution >= 0.6 is 0 Å². The van der Waals surface area contributed by atoms with Gasteiger partial charge in [0.05, 0.1) is 27.9 Å². The summed E-state index contributed by atoms with van der Waals surface area (Å²) in [5.41, 5.74) is -0.977. The number of non-ortho nitro benzene ring substituents is 1.